The highest BCUT2D eigenvalue weighted by molar-refractivity contribution is 5.69. The number of rotatable bonds is 9. The van der Waals surface area contributed by atoms with Gasteiger partial charge in [-0.2, -0.15) is 0 Å². The van der Waals surface area contributed by atoms with Crippen molar-refractivity contribution < 1.29 is 38.4 Å². The molecule has 0 atom stereocenters. The van der Waals surface area contributed by atoms with Gasteiger partial charge in [0.2, 0.25) is 0 Å². The molecule has 2 aliphatic heterocycles. The molecular formula is C45H62N4O8. The molecule has 7 rings (SSSR count). The highest BCUT2D eigenvalue weighted by atomic mass is 16.6. The zero-order valence-corrected chi connectivity index (χ0v) is 34.6. The highest BCUT2D eigenvalue weighted by Gasteiger charge is 2.32. The van der Waals surface area contributed by atoms with Gasteiger partial charge in [-0.1, -0.05) is 30.3 Å². The molecule has 0 aromatic heterocycles. The quantitative estimate of drug-likeness (QED) is 0.234. The predicted molar refractivity (Wildman–Crippen MR) is 221 cm³/mol. The zero-order valence-electron chi connectivity index (χ0n) is 34.6. The zero-order chi connectivity index (χ0) is 40.6. The summed E-state index contributed by atoms with van der Waals surface area (Å²) in [5, 5.41) is 9.31. The Bertz CT molecular complexity index is 1700. The Hall–Kier alpha value is -4.68. The summed E-state index contributed by atoms with van der Waals surface area (Å²) in [5.41, 5.74) is 2.57. The van der Waals surface area contributed by atoms with Crippen LogP contribution in [0.2, 0.25) is 0 Å². The van der Waals surface area contributed by atoms with Crippen molar-refractivity contribution in [3.63, 3.8) is 0 Å². The first-order chi connectivity index (χ1) is 27.2. The number of piperazine rings is 2. The van der Waals surface area contributed by atoms with Gasteiger partial charge < -0.3 is 48.4 Å². The number of nitrogens with zero attached hydrogens (tertiary/aromatic N) is 4. The first-order valence-electron chi connectivity index (χ1n) is 20.5. The Kier molecular flexibility index (Phi) is 13.8. The molecule has 4 fully saturated rings. The van der Waals surface area contributed by atoms with E-state index in [0.717, 1.165) is 61.9 Å². The third-order valence-corrected chi connectivity index (χ3v) is 10.3. The first-order valence-corrected chi connectivity index (χ1v) is 20.5. The fraction of sp³-hybridized carbons (Fsp3) is 0.556. The summed E-state index contributed by atoms with van der Waals surface area (Å²) in [6.45, 7) is 17.8. The van der Waals surface area contributed by atoms with E-state index in [4.69, 9.17) is 23.7 Å². The van der Waals surface area contributed by atoms with Gasteiger partial charge in [0.15, 0.2) is 0 Å². The van der Waals surface area contributed by atoms with Gasteiger partial charge in [0, 0.05) is 89.4 Å². The molecule has 0 unspecified atom stereocenters. The van der Waals surface area contributed by atoms with Crippen LogP contribution in [0.3, 0.4) is 0 Å². The molecule has 0 radical (unpaired) electrons. The maximum Gasteiger partial charge on any atom is 0.410 e. The van der Waals surface area contributed by atoms with E-state index in [2.05, 4.69) is 34.1 Å². The number of carbonyl (C=O) groups is 2. The van der Waals surface area contributed by atoms with Crippen molar-refractivity contribution in [3.05, 3.63) is 84.4 Å². The summed E-state index contributed by atoms with van der Waals surface area (Å²) in [6.07, 6.45) is 3.26. The average Bonchev–Trinajstić information content (AvgIpc) is 3.15. The molecule has 2 amide bonds. The lowest BCUT2D eigenvalue weighted by Gasteiger charge is -2.37. The summed E-state index contributed by atoms with van der Waals surface area (Å²) < 4.78 is 28.8. The highest BCUT2D eigenvalue weighted by Crippen LogP contribution is 2.31. The number of aliphatic hydroxyl groups excluding tert-OH is 1. The van der Waals surface area contributed by atoms with Crippen LogP contribution in [-0.4, -0.2) is 115 Å². The van der Waals surface area contributed by atoms with Crippen LogP contribution in [0, 0.1) is 0 Å². The molecule has 310 valence electrons. The standard InChI is InChI=1S/C26H34N2O4.C19H28N2O4/c1-26(2,3)32-25(29)28-15-13-27(14-16-28)21-9-11-22(12-10-21)31-24-17-23(18-24)30-19-20-7-5-4-6-8-20;1-19(2,3)25-18(23)21-10-8-20(9-11-21)14-4-6-16(7-5-14)24-17-12-15(22)13-17/h4-12,23-24H,13-19H2,1-3H3;4-7,15,17,22H,8-13H2,1-3H3. The Labute approximate surface area is 338 Å². The minimum absolute atomic E-state index is 0.137. The van der Waals surface area contributed by atoms with E-state index in [9.17, 15) is 14.7 Å². The van der Waals surface area contributed by atoms with E-state index < -0.39 is 11.2 Å². The summed E-state index contributed by atoms with van der Waals surface area (Å²) in [6, 6.07) is 26.6. The molecule has 0 bridgehead atoms. The SMILES string of the molecule is CC(C)(C)OC(=O)N1CCN(c2ccc(OC3CC(O)C3)cc2)CC1.CC(C)(C)OC(=O)N1CCN(c2ccc(OC3CC(OCc4ccccc4)C3)cc2)CC1. The smallest absolute Gasteiger partial charge is 0.410 e. The van der Waals surface area contributed by atoms with Crippen LogP contribution in [0.25, 0.3) is 0 Å². The van der Waals surface area contributed by atoms with Gasteiger partial charge in [0.1, 0.15) is 34.9 Å². The normalized spacial score (nSPS) is 22.3. The Morgan fingerprint density at radius 2 is 0.965 bits per heavy atom. The van der Waals surface area contributed by atoms with Gasteiger partial charge in [0.25, 0.3) is 0 Å². The third-order valence-electron chi connectivity index (χ3n) is 10.3. The minimum atomic E-state index is -0.460. The second-order valence-corrected chi connectivity index (χ2v) is 17.4. The summed E-state index contributed by atoms with van der Waals surface area (Å²) in [5.74, 6) is 1.74. The molecule has 2 saturated carbocycles. The average molecular weight is 787 g/mol. The Morgan fingerprint density at radius 3 is 1.35 bits per heavy atom. The van der Waals surface area contributed by atoms with Crippen LogP contribution in [0.1, 0.15) is 72.8 Å². The number of anilines is 2. The van der Waals surface area contributed by atoms with E-state index in [1.807, 2.05) is 96.1 Å². The number of hydrogen-bond acceptors (Lipinski definition) is 10. The second-order valence-electron chi connectivity index (χ2n) is 17.4. The van der Waals surface area contributed by atoms with Gasteiger partial charge in [-0.15, -0.1) is 0 Å². The molecule has 12 nitrogen and oxygen atoms in total. The predicted octanol–water partition coefficient (Wildman–Crippen LogP) is 7.52. The molecule has 12 heteroatoms. The van der Waals surface area contributed by atoms with E-state index in [1.165, 1.54) is 5.56 Å². The first kappa shape index (κ1) is 41.9. The summed E-state index contributed by atoms with van der Waals surface area (Å²) in [7, 11) is 0. The lowest BCUT2D eigenvalue weighted by molar-refractivity contribution is -0.0683. The molecule has 2 saturated heterocycles. The number of carbonyl (C=O) groups excluding carboxylic acids is 2. The van der Waals surface area contributed by atoms with Gasteiger partial charge in [-0.3, -0.25) is 0 Å². The van der Waals surface area contributed by atoms with Crippen LogP contribution in [-0.2, 0) is 20.8 Å². The van der Waals surface area contributed by atoms with Crippen molar-refractivity contribution in [2.75, 3.05) is 62.2 Å². The largest absolute Gasteiger partial charge is 0.490 e. The number of aliphatic hydroxyl groups is 1. The van der Waals surface area contributed by atoms with Crippen molar-refractivity contribution >= 4 is 23.6 Å². The molecule has 3 aromatic rings. The molecule has 2 aliphatic carbocycles. The Balaban J connectivity index is 0.000000199. The molecule has 2 heterocycles. The lowest BCUT2D eigenvalue weighted by atomic mass is 9.92. The summed E-state index contributed by atoms with van der Waals surface area (Å²) >= 11 is 0. The van der Waals surface area contributed by atoms with E-state index >= 15 is 0 Å². The van der Waals surface area contributed by atoms with Crippen LogP contribution in [0.5, 0.6) is 11.5 Å². The number of amides is 2. The van der Waals surface area contributed by atoms with E-state index in [-0.39, 0.29) is 36.6 Å². The van der Waals surface area contributed by atoms with Crippen molar-refractivity contribution in [1.29, 1.82) is 0 Å². The topological polar surface area (TPSA) is 113 Å². The maximum atomic E-state index is 12.2. The van der Waals surface area contributed by atoms with Crippen molar-refractivity contribution in [2.45, 2.75) is 109 Å². The van der Waals surface area contributed by atoms with Crippen LogP contribution >= 0.6 is 0 Å². The fourth-order valence-electron chi connectivity index (χ4n) is 6.98. The van der Waals surface area contributed by atoms with Crippen molar-refractivity contribution in [3.8, 4) is 11.5 Å². The van der Waals surface area contributed by atoms with Crippen LogP contribution in [0.4, 0.5) is 21.0 Å². The maximum absolute atomic E-state index is 12.2. The number of ether oxygens (including phenoxy) is 5. The molecule has 1 N–H and O–H groups in total. The van der Waals surface area contributed by atoms with Crippen molar-refractivity contribution in [1.82, 2.24) is 9.80 Å². The molecule has 4 aliphatic rings. The molecule has 3 aromatic carbocycles. The van der Waals surface area contributed by atoms with E-state index in [1.54, 1.807) is 9.80 Å². The summed E-state index contributed by atoms with van der Waals surface area (Å²) in [4.78, 5) is 32.5. The van der Waals surface area contributed by atoms with Gasteiger partial charge in [-0.05, 0) is 95.6 Å². The number of benzene rings is 3. The minimum Gasteiger partial charge on any atom is -0.490 e. The lowest BCUT2D eigenvalue weighted by Crippen LogP contribution is -2.50. The van der Waals surface area contributed by atoms with Gasteiger partial charge >= 0.3 is 12.2 Å². The Morgan fingerprint density at radius 1 is 0.561 bits per heavy atom. The van der Waals surface area contributed by atoms with Crippen LogP contribution < -0.4 is 19.3 Å². The van der Waals surface area contributed by atoms with Gasteiger partial charge in [0.05, 0.1) is 18.8 Å². The molecule has 57 heavy (non-hydrogen) atoms. The molecular weight excluding hydrogens is 725 g/mol. The van der Waals surface area contributed by atoms with E-state index in [0.29, 0.717) is 45.6 Å². The monoisotopic (exact) mass is 786 g/mol. The fourth-order valence-corrected chi connectivity index (χ4v) is 6.98. The van der Waals surface area contributed by atoms with Gasteiger partial charge in [-0.25, -0.2) is 9.59 Å². The van der Waals surface area contributed by atoms with Crippen LogP contribution in [0.15, 0.2) is 78.9 Å². The number of hydrogen-bond donors (Lipinski definition) is 1. The molecule has 0 spiro atoms. The van der Waals surface area contributed by atoms with Crippen molar-refractivity contribution in [2.24, 2.45) is 0 Å². The second kappa shape index (κ2) is 18.7. The third kappa shape index (κ3) is 12.9.